The fourth-order valence-corrected chi connectivity index (χ4v) is 2.19. The number of methoxy groups -OCH3 is 1. The van der Waals surface area contributed by atoms with Gasteiger partial charge in [-0.25, -0.2) is 0 Å². The standard InChI is InChI=1S/C16H27NO/c1-12-6-7-13(2)15(10-12)11-16(17-4)9-8-14(3)18-5/h6-7,10,14,16-17H,8-9,11H2,1-5H3. The molecular formula is C16H27NO. The van der Waals surface area contributed by atoms with Gasteiger partial charge in [-0.3, -0.25) is 0 Å². The highest BCUT2D eigenvalue weighted by Gasteiger charge is 2.11. The quantitative estimate of drug-likeness (QED) is 0.801. The van der Waals surface area contributed by atoms with Gasteiger partial charge in [-0.1, -0.05) is 23.8 Å². The van der Waals surface area contributed by atoms with Crippen LogP contribution in [0.1, 0.15) is 36.5 Å². The van der Waals surface area contributed by atoms with Crippen LogP contribution in [0.25, 0.3) is 0 Å². The van der Waals surface area contributed by atoms with Crippen LogP contribution in [0.2, 0.25) is 0 Å². The Hall–Kier alpha value is -0.860. The lowest BCUT2D eigenvalue weighted by atomic mass is 9.96. The topological polar surface area (TPSA) is 21.3 Å². The third kappa shape index (κ3) is 4.79. The van der Waals surface area contributed by atoms with Gasteiger partial charge in [0.25, 0.3) is 0 Å². The highest BCUT2D eigenvalue weighted by Crippen LogP contribution is 2.15. The van der Waals surface area contributed by atoms with Gasteiger partial charge in [0.1, 0.15) is 0 Å². The van der Waals surface area contributed by atoms with Gasteiger partial charge in [-0.2, -0.15) is 0 Å². The van der Waals surface area contributed by atoms with E-state index in [2.05, 4.69) is 44.3 Å². The molecule has 102 valence electrons. The Labute approximate surface area is 112 Å². The Balaban J connectivity index is 2.59. The Morgan fingerprint density at radius 3 is 2.56 bits per heavy atom. The van der Waals surface area contributed by atoms with E-state index in [1.165, 1.54) is 16.7 Å². The monoisotopic (exact) mass is 249 g/mol. The number of likely N-dealkylation sites (N-methyl/N-ethyl adjacent to an activating group) is 1. The largest absolute Gasteiger partial charge is 0.382 e. The Morgan fingerprint density at radius 2 is 1.94 bits per heavy atom. The van der Waals surface area contributed by atoms with E-state index in [9.17, 15) is 0 Å². The highest BCUT2D eigenvalue weighted by atomic mass is 16.5. The second-order valence-electron chi connectivity index (χ2n) is 5.24. The molecule has 0 saturated heterocycles. The second-order valence-corrected chi connectivity index (χ2v) is 5.24. The summed E-state index contributed by atoms with van der Waals surface area (Å²) in [6.07, 6.45) is 3.70. The molecule has 1 N–H and O–H groups in total. The molecule has 0 aromatic heterocycles. The van der Waals surface area contributed by atoms with Crippen LogP contribution in [0.15, 0.2) is 18.2 Å². The van der Waals surface area contributed by atoms with Crippen LogP contribution in [0.4, 0.5) is 0 Å². The third-order valence-corrected chi connectivity index (χ3v) is 3.70. The van der Waals surface area contributed by atoms with Gasteiger partial charge >= 0.3 is 0 Å². The summed E-state index contributed by atoms with van der Waals surface area (Å²) >= 11 is 0. The molecule has 0 fully saturated rings. The van der Waals surface area contributed by atoms with Crippen LogP contribution in [-0.4, -0.2) is 26.3 Å². The van der Waals surface area contributed by atoms with Gasteiger partial charge in [0.15, 0.2) is 0 Å². The van der Waals surface area contributed by atoms with Crippen molar-refractivity contribution in [2.24, 2.45) is 0 Å². The maximum atomic E-state index is 5.31. The zero-order valence-electron chi connectivity index (χ0n) is 12.4. The molecule has 0 saturated carbocycles. The Kier molecular flexibility index (Phi) is 6.37. The predicted molar refractivity (Wildman–Crippen MR) is 78.2 cm³/mol. The van der Waals surface area contributed by atoms with Gasteiger partial charge in [-0.15, -0.1) is 0 Å². The first kappa shape index (κ1) is 15.2. The van der Waals surface area contributed by atoms with Crippen molar-refractivity contribution in [3.8, 4) is 0 Å². The number of nitrogens with one attached hydrogen (secondary N) is 1. The number of hydrogen-bond donors (Lipinski definition) is 1. The van der Waals surface area contributed by atoms with Gasteiger partial charge in [0.05, 0.1) is 6.10 Å². The molecule has 0 spiro atoms. The number of benzene rings is 1. The van der Waals surface area contributed by atoms with Crippen molar-refractivity contribution in [1.82, 2.24) is 5.32 Å². The molecule has 18 heavy (non-hydrogen) atoms. The summed E-state index contributed by atoms with van der Waals surface area (Å²) in [6, 6.07) is 7.23. The van der Waals surface area contributed by atoms with Crippen LogP contribution >= 0.6 is 0 Å². The van der Waals surface area contributed by atoms with Crippen molar-refractivity contribution in [3.05, 3.63) is 34.9 Å². The molecule has 0 aliphatic rings. The smallest absolute Gasteiger partial charge is 0.0543 e. The minimum atomic E-state index is 0.347. The first-order valence-corrected chi connectivity index (χ1v) is 6.83. The number of ether oxygens (including phenoxy) is 1. The molecule has 0 bridgehead atoms. The van der Waals surface area contributed by atoms with Crippen molar-refractivity contribution in [3.63, 3.8) is 0 Å². The molecular weight excluding hydrogens is 222 g/mol. The van der Waals surface area contributed by atoms with E-state index in [4.69, 9.17) is 4.74 Å². The summed E-state index contributed by atoms with van der Waals surface area (Å²) in [5.41, 5.74) is 4.19. The average Bonchev–Trinajstić information content (AvgIpc) is 2.37. The van der Waals surface area contributed by atoms with Crippen LogP contribution < -0.4 is 5.32 Å². The number of aryl methyl sites for hydroxylation is 2. The number of hydrogen-bond acceptors (Lipinski definition) is 2. The Bertz CT molecular complexity index is 362. The summed E-state index contributed by atoms with van der Waals surface area (Å²) in [6.45, 7) is 6.48. The normalized spacial score (nSPS) is 14.5. The average molecular weight is 249 g/mol. The third-order valence-electron chi connectivity index (χ3n) is 3.70. The van der Waals surface area contributed by atoms with Gasteiger partial charge in [0, 0.05) is 13.2 Å². The van der Waals surface area contributed by atoms with E-state index >= 15 is 0 Å². The molecule has 2 heteroatoms. The zero-order valence-corrected chi connectivity index (χ0v) is 12.4. The van der Waals surface area contributed by atoms with E-state index < -0.39 is 0 Å². The van der Waals surface area contributed by atoms with Crippen molar-refractivity contribution in [1.29, 1.82) is 0 Å². The minimum Gasteiger partial charge on any atom is -0.382 e. The van der Waals surface area contributed by atoms with Crippen LogP contribution in [0, 0.1) is 13.8 Å². The van der Waals surface area contributed by atoms with Crippen molar-refractivity contribution >= 4 is 0 Å². The molecule has 0 amide bonds. The summed E-state index contributed by atoms with van der Waals surface area (Å²) in [5, 5.41) is 3.42. The number of rotatable bonds is 7. The molecule has 0 radical (unpaired) electrons. The van der Waals surface area contributed by atoms with E-state index in [1.807, 2.05) is 7.05 Å². The molecule has 1 aromatic rings. The van der Waals surface area contributed by atoms with Crippen molar-refractivity contribution < 1.29 is 4.74 Å². The molecule has 1 rings (SSSR count). The summed E-state index contributed by atoms with van der Waals surface area (Å²) in [4.78, 5) is 0. The molecule has 0 aliphatic carbocycles. The molecule has 0 heterocycles. The first-order valence-electron chi connectivity index (χ1n) is 6.83. The molecule has 2 atom stereocenters. The summed E-state index contributed by atoms with van der Waals surface area (Å²) in [7, 11) is 3.83. The summed E-state index contributed by atoms with van der Waals surface area (Å²) < 4.78 is 5.31. The van der Waals surface area contributed by atoms with Gasteiger partial charge < -0.3 is 10.1 Å². The summed E-state index contributed by atoms with van der Waals surface area (Å²) in [5.74, 6) is 0. The molecule has 2 nitrogen and oxygen atoms in total. The zero-order chi connectivity index (χ0) is 13.5. The van der Waals surface area contributed by atoms with E-state index in [0.29, 0.717) is 12.1 Å². The maximum Gasteiger partial charge on any atom is 0.0543 e. The lowest BCUT2D eigenvalue weighted by molar-refractivity contribution is 0.106. The van der Waals surface area contributed by atoms with E-state index in [0.717, 1.165) is 19.3 Å². The molecule has 1 aromatic carbocycles. The van der Waals surface area contributed by atoms with Crippen LogP contribution in [0.5, 0.6) is 0 Å². The van der Waals surface area contributed by atoms with E-state index in [-0.39, 0.29) is 0 Å². The van der Waals surface area contributed by atoms with Gasteiger partial charge in [0.2, 0.25) is 0 Å². The van der Waals surface area contributed by atoms with Crippen molar-refractivity contribution in [2.45, 2.75) is 52.2 Å². The second kappa shape index (κ2) is 7.55. The van der Waals surface area contributed by atoms with E-state index in [1.54, 1.807) is 7.11 Å². The fourth-order valence-electron chi connectivity index (χ4n) is 2.19. The first-order chi connectivity index (χ1) is 8.56. The fraction of sp³-hybridized carbons (Fsp3) is 0.625. The van der Waals surface area contributed by atoms with Crippen LogP contribution in [-0.2, 0) is 11.2 Å². The lowest BCUT2D eigenvalue weighted by Gasteiger charge is -2.19. The lowest BCUT2D eigenvalue weighted by Crippen LogP contribution is -2.29. The van der Waals surface area contributed by atoms with Crippen LogP contribution in [0.3, 0.4) is 0 Å². The van der Waals surface area contributed by atoms with Gasteiger partial charge in [-0.05, 0) is 58.2 Å². The molecule has 0 aliphatic heterocycles. The minimum absolute atomic E-state index is 0.347. The SMILES string of the molecule is CNC(CCC(C)OC)Cc1cc(C)ccc1C. The molecule has 2 unspecified atom stereocenters. The van der Waals surface area contributed by atoms with Crippen molar-refractivity contribution in [2.75, 3.05) is 14.2 Å². The maximum absolute atomic E-state index is 5.31. The highest BCUT2D eigenvalue weighted by molar-refractivity contribution is 5.31. The Morgan fingerprint density at radius 1 is 1.22 bits per heavy atom. The predicted octanol–water partition coefficient (Wildman–Crippen LogP) is 3.25.